The van der Waals surface area contributed by atoms with Crippen LogP contribution in [0.1, 0.15) is 11.6 Å². The average molecular weight is 185 g/mol. The van der Waals surface area contributed by atoms with Gasteiger partial charge in [-0.25, -0.2) is 0 Å². The maximum atomic E-state index is 9.28. The second-order valence-electron chi connectivity index (χ2n) is 2.66. The van der Waals surface area contributed by atoms with Crippen molar-refractivity contribution < 1.29 is 20.4 Å². The molecule has 0 saturated heterocycles. The van der Waals surface area contributed by atoms with E-state index in [1.165, 1.54) is 12.1 Å². The van der Waals surface area contributed by atoms with E-state index in [9.17, 15) is 5.11 Å². The third-order valence-electron chi connectivity index (χ3n) is 1.76. The highest BCUT2D eigenvalue weighted by atomic mass is 16.3. The summed E-state index contributed by atoms with van der Waals surface area (Å²) in [6, 6.07) is 1.76. The summed E-state index contributed by atoms with van der Waals surface area (Å²) in [6.07, 6.45) is 0. The fourth-order valence-electron chi connectivity index (χ4n) is 0.982. The van der Waals surface area contributed by atoms with Gasteiger partial charge >= 0.3 is 0 Å². The Morgan fingerprint density at radius 3 is 2.31 bits per heavy atom. The molecule has 1 unspecified atom stereocenters. The first-order chi connectivity index (χ1) is 6.07. The van der Waals surface area contributed by atoms with Gasteiger partial charge in [0.05, 0.1) is 12.6 Å². The van der Waals surface area contributed by atoms with Gasteiger partial charge < -0.3 is 26.2 Å². The SMILES string of the molecule is NC(CO)c1ccc(O)c(O)c1O. The topological polar surface area (TPSA) is 107 Å². The number of aliphatic hydroxyl groups is 1. The largest absolute Gasteiger partial charge is 0.504 e. The molecule has 0 radical (unpaired) electrons. The van der Waals surface area contributed by atoms with Crippen LogP contribution in [0.15, 0.2) is 12.1 Å². The van der Waals surface area contributed by atoms with Crippen molar-refractivity contribution in [2.24, 2.45) is 5.73 Å². The lowest BCUT2D eigenvalue weighted by molar-refractivity contribution is 0.263. The van der Waals surface area contributed by atoms with Gasteiger partial charge in [-0.2, -0.15) is 0 Å². The van der Waals surface area contributed by atoms with Gasteiger partial charge in [-0.1, -0.05) is 0 Å². The van der Waals surface area contributed by atoms with Gasteiger partial charge in [-0.3, -0.25) is 0 Å². The van der Waals surface area contributed by atoms with E-state index in [0.29, 0.717) is 0 Å². The molecule has 0 amide bonds. The Hall–Kier alpha value is -1.46. The van der Waals surface area contributed by atoms with Crippen molar-refractivity contribution in [3.63, 3.8) is 0 Å². The van der Waals surface area contributed by atoms with Crippen molar-refractivity contribution in [1.29, 1.82) is 0 Å². The van der Waals surface area contributed by atoms with Crippen molar-refractivity contribution >= 4 is 0 Å². The van der Waals surface area contributed by atoms with Crippen molar-refractivity contribution in [2.75, 3.05) is 6.61 Å². The van der Waals surface area contributed by atoms with E-state index in [2.05, 4.69) is 0 Å². The first-order valence-corrected chi connectivity index (χ1v) is 3.68. The highest BCUT2D eigenvalue weighted by molar-refractivity contribution is 5.54. The molecule has 5 heteroatoms. The number of phenols is 3. The highest BCUT2D eigenvalue weighted by Gasteiger charge is 2.15. The molecule has 0 aliphatic heterocycles. The van der Waals surface area contributed by atoms with Gasteiger partial charge in [-0.05, 0) is 12.1 Å². The van der Waals surface area contributed by atoms with Crippen LogP contribution in [0.3, 0.4) is 0 Å². The minimum atomic E-state index is -0.772. The van der Waals surface area contributed by atoms with Crippen LogP contribution < -0.4 is 5.73 Å². The minimum absolute atomic E-state index is 0.192. The Bertz CT molecular complexity index is 313. The van der Waals surface area contributed by atoms with Crippen LogP contribution in [-0.4, -0.2) is 27.0 Å². The lowest BCUT2D eigenvalue weighted by Crippen LogP contribution is -2.14. The molecule has 72 valence electrons. The van der Waals surface area contributed by atoms with E-state index >= 15 is 0 Å². The molecule has 5 nitrogen and oxygen atoms in total. The number of benzene rings is 1. The van der Waals surface area contributed by atoms with Gasteiger partial charge in [0.2, 0.25) is 5.75 Å². The molecule has 0 aliphatic carbocycles. The molecular formula is C8H11NO4. The van der Waals surface area contributed by atoms with Crippen LogP contribution in [0.5, 0.6) is 17.2 Å². The van der Waals surface area contributed by atoms with Crippen LogP contribution in [-0.2, 0) is 0 Å². The molecule has 1 aromatic carbocycles. The standard InChI is InChI=1S/C8H11NO4/c9-5(3-10)4-1-2-6(11)8(13)7(4)12/h1-2,5,10-13H,3,9H2. The van der Waals surface area contributed by atoms with Crippen molar-refractivity contribution in [3.8, 4) is 17.2 Å². The highest BCUT2D eigenvalue weighted by Crippen LogP contribution is 2.38. The Balaban J connectivity index is 3.18. The lowest BCUT2D eigenvalue weighted by atomic mass is 10.1. The predicted molar refractivity (Wildman–Crippen MR) is 45.5 cm³/mol. The molecule has 6 N–H and O–H groups in total. The molecule has 0 fully saturated rings. The summed E-state index contributed by atoms with van der Waals surface area (Å²) in [5.74, 6) is -1.55. The van der Waals surface area contributed by atoms with Gasteiger partial charge in [0.15, 0.2) is 11.5 Å². The molecule has 1 rings (SSSR count). The second-order valence-corrected chi connectivity index (χ2v) is 2.66. The summed E-state index contributed by atoms with van der Waals surface area (Å²) in [5.41, 5.74) is 5.60. The Labute approximate surface area is 74.7 Å². The summed E-state index contributed by atoms with van der Waals surface area (Å²) < 4.78 is 0. The molecule has 0 aromatic heterocycles. The van der Waals surface area contributed by atoms with Gasteiger partial charge in [0.1, 0.15) is 0 Å². The number of hydrogen-bond acceptors (Lipinski definition) is 5. The number of phenolic OH excluding ortho intramolecular Hbond substituents is 3. The quantitative estimate of drug-likeness (QED) is 0.410. The van der Waals surface area contributed by atoms with Crippen molar-refractivity contribution in [1.82, 2.24) is 0 Å². The zero-order chi connectivity index (χ0) is 10.0. The molecule has 0 spiro atoms. The summed E-state index contributed by atoms with van der Waals surface area (Å²) in [5, 5.41) is 36.0. The molecule has 1 atom stereocenters. The number of hydrogen-bond donors (Lipinski definition) is 5. The normalized spacial score (nSPS) is 12.8. The maximum Gasteiger partial charge on any atom is 0.200 e. The van der Waals surface area contributed by atoms with E-state index in [-0.39, 0.29) is 12.2 Å². The third kappa shape index (κ3) is 1.66. The van der Waals surface area contributed by atoms with Crippen LogP contribution in [0.4, 0.5) is 0 Å². The van der Waals surface area contributed by atoms with Crippen molar-refractivity contribution in [3.05, 3.63) is 17.7 Å². The smallest absolute Gasteiger partial charge is 0.200 e. The zero-order valence-electron chi connectivity index (χ0n) is 6.81. The Morgan fingerprint density at radius 2 is 1.77 bits per heavy atom. The van der Waals surface area contributed by atoms with Crippen LogP contribution in [0, 0.1) is 0 Å². The zero-order valence-corrected chi connectivity index (χ0v) is 6.81. The van der Waals surface area contributed by atoms with Crippen LogP contribution in [0.2, 0.25) is 0 Å². The van der Waals surface area contributed by atoms with Gasteiger partial charge in [0.25, 0.3) is 0 Å². The third-order valence-corrected chi connectivity index (χ3v) is 1.76. The molecule has 0 saturated carbocycles. The van der Waals surface area contributed by atoms with E-state index in [4.69, 9.17) is 21.1 Å². The maximum absolute atomic E-state index is 9.28. The number of nitrogens with two attached hydrogens (primary N) is 1. The first-order valence-electron chi connectivity index (χ1n) is 3.68. The van der Waals surface area contributed by atoms with Crippen LogP contribution in [0.25, 0.3) is 0 Å². The molecule has 0 heterocycles. The number of rotatable bonds is 2. The Morgan fingerprint density at radius 1 is 1.15 bits per heavy atom. The first kappa shape index (κ1) is 9.63. The summed E-state index contributed by atoms with van der Waals surface area (Å²) >= 11 is 0. The number of aliphatic hydroxyl groups excluding tert-OH is 1. The van der Waals surface area contributed by atoms with Crippen molar-refractivity contribution in [2.45, 2.75) is 6.04 Å². The molecule has 0 aliphatic rings. The monoisotopic (exact) mass is 185 g/mol. The van der Waals surface area contributed by atoms with E-state index < -0.39 is 23.3 Å². The molecule has 0 bridgehead atoms. The molecule has 13 heavy (non-hydrogen) atoms. The summed E-state index contributed by atoms with van der Waals surface area (Å²) in [7, 11) is 0. The Kier molecular flexibility index (Phi) is 2.60. The summed E-state index contributed by atoms with van der Waals surface area (Å²) in [4.78, 5) is 0. The molecule has 1 aromatic rings. The van der Waals surface area contributed by atoms with E-state index in [0.717, 1.165) is 0 Å². The molecular weight excluding hydrogens is 174 g/mol. The van der Waals surface area contributed by atoms with Crippen LogP contribution >= 0.6 is 0 Å². The fraction of sp³-hybridized carbons (Fsp3) is 0.250. The lowest BCUT2D eigenvalue weighted by Gasteiger charge is -2.11. The number of aromatic hydroxyl groups is 3. The summed E-state index contributed by atoms with van der Waals surface area (Å²) in [6.45, 7) is -0.349. The predicted octanol–water partition coefficient (Wildman–Crippen LogP) is -0.205. The van der Waals surface area contributed by atoms with Gasteiger partial charge in [-0.15, -0.1) is 0 Å². The average Bonchev–Trinajstić information content (AvgIpc) is 2.13. The van der Waals surface area contributed by atoms with E-state index in [1.807, 2.05) is 0 Å². The minimum Gasteiger partial charge on any atom is -0.504 e. The van der Waals surface area contributed by atoms with Gasteiger partial charge in [0, 0.05) is 5.56 Å². The second kappa shape index (κ2) is 3.51. The van der Waals surface area contributed by atoms with E-state index in [1.54, 1.807) is 0 Å². The fourth-order valence-corrected chi connectivity index (χ4v) is 0.982.